The summed E-state index contributed by atoms with van der Waals surface area (Å²) in [7, 11) is -4.77. The van der Waals surface area contributed by atoms with Crippen molar-refractivity contribution in [3.8, 4) is 0 Å². The maximum absolute atomic E-state index is 11.9. The Balaban J connectivity index is 1.70. The zero-order valence-electron chi connectivity index (χ0n) is 22.5. The van der Waals surface area contributed by atoms with Gasteiger partial charge in [0, 0.05) is 11.8 Å². The van der Waals surface area contributed by atoms with E-state index in [1.807, 2.05) is 6.92 Å². The van der Waals surface area contributed by atoms with Crippen molar-refractivity contribution in [2.24, 2.45) is 46.3 Å². The van der Waals surface area contributed by atoms with Gasteiger partial charge in [0.05, 0.1) is 23.9 Å². The predicted octanol–water partition coefficient (Wildman–Crippen LogP) is 3.32. The van der Waals surface area contributed by atoms with Crippen molar-refractivity contribution in [3.63, 3.8) is 0 Å². The van der Waals surface area contributed by atoms with Crippen LogP contribution < -0.4 is 0 Å². The first-order valence-corrected chi connectivity index (χ1v) is 15.3. The van der Waals surface area contributed by atoms with Gasteiger partial charge in [0.25, 0.3) is 0 Å². The lowest BCUT2D eigenvalue weighted by atomic mass is 9.42. The Labute approximate surface area is 216 Å². The Bertz CT molecular complexity index is 909. The second-order valence-corrected chi connectivity index (χ2v) is 14.7. The lowest BCUT2D eigenvalue weighted by Crippen LogP contribution is -2.69. The number of hydrogen-bond donors (Lipinski definition) is 5. The Morgan fingerprint density at radius 3 is 2.31 bits per heavy atom. The molecule has 0 saturated heterocycles. The molecule has 9 heteroatoms. The van der Waals surface area contributed by atoms with Crippen LogP contribution in [0.15, 0.2) is 0 Å². The smallest absolute Gasteiger partial charge is 0.393 e. The van der Waals surface area contributed by atoms with Crippen LogP contribution in [-0.4, -0.2) is 63.4 Å². The van der Waals surface area contributed by atoms with Crippen LogP contribution in [0.1, 0.15) is 92.4 Å². The van der Waals surface area contributed by atoms with Crippen LogP contribution in [0.2, 0.25) is 0 Å². The molecule has 12 atom stereocenters. The van der Waals surface area contributed by atoms with Crippen molar-refractivity contribution in [1.29, 1.82) is 0 Å². The highest BCUT2D eigenvalue weighted by Crippen LogP contribution is 2.69. The van der Waals surface area contributed by atoms with Crippen LogP contribution in [0, 0.1) is 46.3 Å². The molecule has 4 saturated carbocycles. The molecule has 4 aliphatic carbocycles. The molecule has 0 bridgehead atoms. The summed E-state index contributed by atoms with van der Waals surface area (Å²) < 4.78 is 38.6. The summed E-state index contributed by atoms with van der Waals surface area (Å²) >= 11 is 0. The van der Waals surface area contributed by atoms with Gasteiger partial charge in [-0.15, -0.1) is 0 Å². The van der Waals surface area contributed by atoms with E-state index < -0.39 is 51.2 Å². The normalized spacial score (nSPS) is 49.9. The molecule has 4 rings (SSSR count). The first kappa shape index (κ1) is 28.7. The molecule has 0 radical (unpaired) electrons. The van der Waals surface area contributed by atoms with E-state index in [4.69, 9.17) is 4.18 Å². The topological polar surface area (TPSA) is 145 Å². The first-order chi connectivity index (χ1) is 16.5. The van der Waals surface area contributed by atoms with Crippen molar-refractivity contribution in [1.82, 2.24) is 0 Å². The molecule has 8 nitrogen and oxygen atoms in total. The second kappa shape index (κ2) is 9.72. The molecular weight excluding hydrogens is 484 g/mol. The number of aliphatic hydroxyl groups excluding tert-OH is 3. The van der Waals surface area contributed by atoms with Crippen molar-refractivity contribution in [2.45, 2.75) is 122 Å². The van der Waals surface area contributed by atoms with Crippen LogP contribution in [0.4, 0.5) is 0 Å². The highest BCUT2D eigenvalue weighted by Gasteiger charge is 2.71. The van der Waals surface area contributed by atoms with E-state index in [0.29, 0.717) is 18.8 Å². The number of fused-ring (bicyclic) bond motifs is 5. The van der Waals surface area contributed by atoms with E-state index in [0.717, 1.165) is 32.1 Å². The third-order valence-corrected chi connectivity index (χ3v) is 11.7. The summed E-state index contributed by atoms with van der Waals surface area (Å²) in [4.78, 5) is 0. The van der Waals surface area contributed by atoms with E-state index >= 15 is 0 Å². The fourth-order valence-corrected chi connectivity index (χ4v) is 10.1. The minimum atomic E-state index is -4.77. The number of aliphatic hydroxyl groups is 4. The quantitative estimate of drug-likeness (QED) is 0.314. The van der Waals surface area contributed by atoms with Crippen molar-refractivity contribution in [3.05, 3.63) is 0 Å². The molecule has 4 aliphatic rings. The summed E-state index contributed by atoms with van der Waals surface area (Å²) in [6.45, 7) is 10.6. The van der Waals surface area contributed by atoms with Gasteiger partial charge in [-0.05, 0) is 73.0 Å². The van der Waals surface area contributed by atoms with Gasteiger partial charge in [-0.3, -0.25) is 4.55 Å². The number of rotatable bonds is 7. The lowest BCUT2D eigenvalue weighted by Gasteiger charge is -2.65. The van der Waals surface area contributed by atoms with Crippen molar-refractivity contribution < 1.29 is 37.6 Å². The number of hydrogen-bond acceptors (Lipinski definition) is 7. The Morgan fingerprint density at radius 1 is 1.03 bits per heavy atom. The average Bonchev–Trinajstić information content (AvgIpc) is 2.95. The van der Waals surface area contributed by atoms with Gasteiger partial charge in [-0.1, -0.05) is 53.9 Å². The van der Waals surface area contributed by atoms with Crippen LogP contribution >= 0.6 is 0 Å². The molecule has 0 aliphatic heterocycles. The second-order valence-electron chi connectivity index (χ2n) is 13.6. The summed E-state index contributed by atoms with van der Waals surface area (Å²) in [5.41, 5.74) is -2.44. The summed E-state index contributed by atoms with van der Waals surface area (Å²) in [6, 6.07) is 0. The van der Waals surface area contributed by atoms with Gasteiger partial charge in [-0.2, -0.15) is 8.42 Å². The molecule has 0 aromatic rings. The van der Waals surface area contributed by atoms with Crippen molar-refractivity contribution in [2.75, 3.05) is 0 Å². The van der Waals surface area contributed by atoms with Gasteiger partial charge in [-0.25, -0.2) is 4.18 Å². The fourth-order valence-electron chi connectivity index (χ4n) is 9.62. The fraction of sp³-hybridized carbons (Fsp3) is 1.00. The van der Waals surface area contributed by atoms with Crippen LogP contribution in [0.3, 0.4) is 0 Å². The Hall–Kier alpha value is -0.290. The minimum Gasteiger partial charge on any atom is -0.393 e. The summed E-state index contributed by atoms with van der Waals surface area (Å²) in [5.74, 6) is -0.0770. The van der Waals surface area contributed by atoms with E-state index in [9.17, 15) is 33.4 Å². The maximum Gasteiger partial charge on any atom is 0.397 e. The maximum atomic E-state index is 11.9. The third-order valence-electron chi connectivity index (χ3n) is 11.2. The van der Waals surface area contributed by atoms with E-state index in [1.54, 1.807) is 0 Å². The van der Waals surface area contributed by atoms with Crippen molar-refractivity contribution >= 4 is 10.4 Å². The van der Waals surface area contributed by atoms with E-state index in [2.05, 4.69) is 27.7 Å². The molecular formula is C27H48O8S. The summed E-state index contributed by atoms with van der Waals surface area (Å²) in [6.07, 6.45) is 2.16. The predicted molar refractivity (Wildman–Crippen MR) is 135 cm³/mol. The Kier molecular flexibility index (Phi) is 7.75. The standard InChI is InChI=1S/C27H48O8S/c1-15(2)7-6-8-16(3)21-24(35-36(32,33)34)23(30)22-18-13-20(29)27(31)14-17(28)9-12-26(27,5)19(18)10-11-25(21,22)4/h15-24,28-31H,6-14H2,1-5H3,(H,32,33,34). The van der Waals surface area contributed by atoms with Crippen LogP contribution in [0.5, 0.6) is 0 Å². The highest BCUT2D eigenvalue weighted by atomic mass is 32.3. The third kappa shape index (κ3) is 4.58. The molecule has 4 fully saturated rings. The highest BCUT2D eigenvalue weighted by molar-refractivity contribution is 7.80. The molecule has 36 heavy (non-hydrogen) atoms. The molecule has 0 aromatic heterocycles. The van der Waals surface area contributed by atoms with Gasteiger partial charge in [0.15, 0.2) is 0 Å². The minimum absolute atomic E-state index is 0.0208. The lowest BCUT2D eigenvalue weighted by molar-refractivity contribution is -0.268. The molecule has 0 spiro atoms. The van der Waals surface area contributed by atoms with Gasteiger partial charge in [0.2, 0.25) is 0 Å². The zero-order chi connectivity index (χ0) is 26.8. The SMILES string of the molecule is CC(C)CCCC(C)C1C(OS(=O)(=O)O)C(O)C2C3CC(O)C4(O)CC(O)CCC4(C)C3CCC21C. The molecule has 12 unspecified atom stereocenters. The molecule has 5 N–H and O–H groups in total. The van der Waals surface area contributed by atoms with Gasteiger partial charge < -0.3 is 20.4 Å². The van der Waals surface area contributed by atoms with Crippen LogP contribution in [-0.2, 0) is 14.6 Å². The average molecular weight is 533 g/mol. The van der Waals surface area contributed by atoms with Gasteiger partial charge >= 0.3 is 10.4 Å². The first-order valence-electron chi connectivity index (χ1n) is 14.0. The largest absolute Gasteiger partial charge is 0.397 e. The Morgan fingerprint density at radius 2 is 1.69 bits per heavy atom. The molecule has 0 amide bonds. The zero-order valence-corrected chi connectivity index (χ0v) is 23.3. The molecule has 0 aromatic carbocycles. The van der Waals surface area contributed by atoms with Crippen LogP contribution in [0.25, 0.3) is 0 Å². The monoisotopic (exact) mass is 532 g/mol. The van der Waals surface area contributed by atoms with E-state index in [-0.39, 0.29) is 42.4 Å². The van der Waals surface area contributed by atoms with E-state index in [1.165, 1.54) is 0 Å². The van der Waals surface area contributed by atoms with Gasteiger partial charge in [0.1, 0.15) is 6.10 Å². The summed E-state index contributed by atoms with van der Waals surface area (Å²) in [5, 5.41) is 44.9. The molecule has 210 valence electrons. The molecule has 0 heterocycles.